The molecule has 3 aromatic rings. The van der Waals surface area contributed by atoms with Crippen molar-refractivity contribution in [3.63, 3.8) is 0 Å². The highest BCUT2D eigenvalue weighted by Gasteiger charge is 2.10. The summed E-state index contributed by atoms with van der Waals surface area (Å²) in [7, 11) is 0. The summed E-state index contributed by atoms with van der Waals surface area (Å²) in [4.78, 5) is 15.9. The highest BCUT2D eigenvalue weighted by molar-refractivity contribution is 7.15. The maximum absolute atomic E-state index is 12.9. The first kappa shape index (κ1) is 12.8. The van der Waals surface area contributed by atoms with Gasteiger partial charge in [0.2, 0.25) is 0 Å². The van der Waals surface area contributed by atoms with Gasteiger partial charge < -0.3 is 5.11 Å². The molecular formula is C14H11FN2O2S. The summed E-state index contributed by atoms with van der Waals surface area (Å²) >= 11 is 1.47. The van der Waals surface area contributed by atoms with Crippen molar-refractivity contribution in [2.45, 2.75) is 12.8 Å². The summed E-state index contributed by atoms with van der Waals surface area (Å²) in [5.41, 5.74) is 2.52. The van der Waals surface area contributed by atoms with Crippen molar-refractivity contribution >= 4 is 22.3 Å². The number of rotatable bonds is 4. The van der Waals surface area contributed by atoms with Crippen LogP contribution in [-0.4, -0.2) is 20.5 Å². The molecule has 0 saturated heterocycles. The molecule has 0 fully saturated rings. The SMILES string of the molecule is O=C(O)CCc1csc2nc(-c3ccc(F)cc3)cn12. The van der Waals surface area contributed by atoms with Gasteiger partial charge in [-0.25, -0.2) is 9.37 Å². The number of carbonyl (C=O) groups is 1. The summed E-state index contributed by atoms with van der Waals surface area (Å²) in [6.07, 6.45) is 2.42. The molecule has 0 aliphatic carbocycles. The summed E-state index contributed by atoms with van der Waals surface area (Å²) in [6.45, 7) is 0. The molecule has 102 valence electrons. The van der Waals surface area contributed by atoms with E-state index in [1.54, 1.807) is 12.1 Å². The van der Waals surface area contributed by atoms with Crippen LogP contribution < -0.4 is 0 Å². The van der Waals surface area contributed by atoms with Crippen molar-refractivity contribution in [3.05, 3.63) is 47.4 Å². The molecule has 0 spiro atoms. The first-order valence-electron chi connectivity index (χ1n) is 6.06. The van der Waals surface area contributed by atoms with Gasteiger partial charge in [0.1, 0.15) is 5.82 Å². The smallest absolute Gasteiger partial charge is 0.303 e. The third-order valence-electron chi connectivity index (χ3n) is 3.02. The zero-order valence-corrected chi connectivity index (χ0v) is 11.2. The Balaban J connectivity index is 1.94. The van der Waals surface area contributed by atoms with E-state index in [1.807, 2.05) is 16.0 Å². The van der Waals surface area contributed by atoms with Crippen molar-refractivity contribution in [3.8, 4) is 11.3 Å². The number of hydrogen-bond donors (Lipinski definition) is 1. The number of carboxylic acid groups (broad SMARTS) is 1. The van der Waals surface area contributed by atoms with E-state index in [9.17, 15) is 9.18 Å². The molecule has 0 aliphatic rings. The minimum atomic E-state index is -0.816. The average molecular weight is 290 g/mol. The van der Waals surface area contributed by atoms with E-state index < -0.39 is 5.97 Å². The predicted molar refractivity (Wildman–Crippen MR) is 74.4 cm³/mol. The summed E-state index contributed by atoms with van der Waals surface area (Å²) in [5, 5.41) is 10.7. The molecule has 0 bridgehead atoms. The third kappa shape index (κ3) is 2.42. The molecule has 20 heavy (non-hydrogen) atoms. The van der Waals surface area contributed by atoms with E-state index in [1.165, 1.54) is 23.5 Å². The first-order valence-corrected chi connectivity index (χ1v) is 6.94. The quantitative estimate of drug-likeness (QED) is 0.802. The van der Waals surface area contributed by atoms with Crippen LogP contribution in [-0.2, 0) is 11.2 Å². The van der Waals surface area contributed by atoms with E-state index in [-0.39, 0.29) is 12.2 Å². The van der Waals surface area contributed by atoms with Crippen LogP contribution in [0.25, 0.3) is 16.2 Å². The van der Waals surface area contributed by atoms with Gasteiger partial charge in [-0.05, 0) is 30.7 Å². The number of benzene rings is 1. The van der Waals surface area contributed by atoms with Crippen LogP contribution in [0.2, 0.25) is 0 Å². The number of aliphatic carboxylic acids is 1. The molecule has 4 nitrogen and oxygen atoms in total. The molecule has 0 radical (unpaired) electrons. The molecule has 0 aliphatic heterocycles. The zero-order valence-electron chi connectivity index (χ0n) is 10.4. The molecule has 1 N–H and O–H groups in total. The summed E-state index contributed by atoms with van der Waals surface area (Å²) < 4.78 is 14.8. The average Bonchev–Trinajstić information content (AvgIpc) is 2.97. The first-order chi connectivity index (χ1) is 9.63. The van der Waals surface area contributed by atoms with Gasteiger partial charge in [0.15, 0.2) is 4.96 Å². The van der Waals surface area contributed by atoms with Crippen molar-refractivity contribution in [1.82, 2.24) is 9.38 Å². The van der Waals surface area contributed by atoms with Crippen molar-refractivity contribution in [1.29, 1.82) is 0 Å². The van der Waals surface area contributed by atoms with Crippen molar-refractivity contribution < 1.29 is 14.3 Å². The fraction of sp³-hybridized carbons (Fsp3) is 0.143. The Morgan fingerprint density at radius 3 is 2.80 bits per heavy atom. The van der Waals surface area contributed by atoms with Gasteiger partial charge in [-0.3, -0.25) is 9.20 Å². The molecule has 2 aromatic heterocycles. The molecule has 0 unspecified atom stereocenters. The van der Waals surface area contributed by atoms with Crippen LogP contribution in [0.5, 0.6) is 0 Å². The van der Waals surface area contributed by atoms with Crippen molar-refractivity contribution in [2.24, 2.45) is 0 Å². The highest BCUT2D eigenvalue weighted by Crippen LogP contribution is 2.24. The van der Waals surface area contributed by atoms with Gasteiger partial charge in [0.25, 0.3) is 0 Å². The summed E-state index contributed by atoms with van der Waals surface area (Å²) in [6, 6.07) is 6.15. The van der Waals surface area contributed by atoms with Crippen LogP contribution in [0.1, 0.15) is 12.1 Å². The molecule has 0 atom stereocenters. The monoisotopic (exact) mass is 290 g/mol. The van der Waals surface area contributed by atoms with Gasteiger partial charge in [-0.2, -0.15) is 0 Å². The number of hydrogen-bond acceptors (Lipinski definition) is 3. The van der Waals surface area contributed by atoms with E-state index in [4.69, 9.17) is 5.11 Å². The molecule has 0 saturated carbocycles. The minimum Gasteiger partial charge on any atom is -0.481 e. The molecule has 6 heteroatoms. The van der Waals surface area contributed by atoms with Crippen LogP contribution in [0.4, 0.5) is 4.39 Å². The number of carboxylic acids is 1. The second-order valence-corrected chi connectivity index (χ2v) is 5.24. The van der Waals surface area contributed by atoms with Crippen LogP contribution in [0.3, 0.4) is 0 Å². The number of imidazole rings is 1. The normalized spacial score (nSPS) is 11.1. The van der Waals surface area contributed by atoms with Gasteiger partial charge in [-0.15, -0.1) is 11.3 Å². The van der Waals surface area contributed by atoms with Gasteiger partial charge in [0.05, 0.1) is 12.1 Å². The van der Waals surface area contributed by atoms with Gasteiger partial charge in [-0.1, -0.05) is 0 Å². The standard InChI is InChI=1S/C14H11FN2O2S/c15-10-3-1-9(2-4-10)12-7-17-11(5-6-13(18)19)8-20-14(17)16-12/h1-4,7-8H,5-6H2,(H,18,19). The fourth-order valence-corrected chi connectivity index (χ4v) is 2.91. The number of nitrogens with zero attached hydrogens (tertiary/aromatic N) is 2. The van der Waals surface area contributed by atoms with Gasteiger partial charge >= 0.3 is 5.97 Å². The number of fused-ring (bicyclic) bond motifs is 1. The Morgan fingerprint density at radius 1 is 1.35 bits per heavy atom. The molecule has 3 rings (SSSR count). The second kappa shape index (κ2) is 5.05. The van der Waals surface area contributed by atoms with Gasteiger partial charge in [0, 0.05) is 22.8 Å². The number of thiazole rings is 1. The topological polar surface area (TPSA) is 54.6 Å². The Kier molecular flexibility index (Phi) is 3.23. The van der Waals surface area contributed by atoms with Crippen LogP contribution >= 0.6 is 11.3 Å². The van der Waals surface area contributed by atoms with E-state index in [0.717, 1.165) is 21.9 Å². The number of halogens is 1. The Bertz CT molecular complexity index is 761. The van der Waals surface area contributed by atoms with E-state index in [2.05, 4.69) is 4.98 Å². The lowest BCUT2D eigenvalue weighted by Crippen LogP contribution is -1.99. The van der Waals surface area contributed by atoms with Crippen molar-refractivity contribution in [2.75, 3.05) is 0 Å². The lowest BCUT2D eigenvalue weighted by Gasteiger charge is -1.97. The Labute approximate surface area is 118 Å². The molecule has 1 aromatic carbocycles. The Hall–Kier alpha value is -2.21. The predicted octanol–water partition coefficient (Wildman–Crippen LogP) is 3.22. The highest BCUT2D eigenvalue weighted by atomic mass is 32.1. The maximum atomic E-state index is 12.9. The van der Waals surface area contributed by atoms with E-state index in [0.29, 0.717) is 6.42 Å². The molecule has 0 amide bonds. The summed E-state index contributed by atoms with van der Waals surface area (Å²) in [5.74, 6) is -1.10. The maximum Gasteiger partial charge on any atom is 0.303 e. The zero-order chi connectivity index (χ0) is 14.1. The largest absolute Gasteiger partial charge is 0.481 e. The van der Waals surface area contributed by atoms with E-state index >= 15 is 0 Å². The molecular weight excluding hydrogens is 279 g/mol. The lowest BCUT2D eigenvalue weighted by molar-refractivity contribution is -0.136. The number of aryl methyl sites for hydroxylation is 1. The minimum absolute atomic E-state index is 0.0931. The fourth-order valence-electron chi connectivity index (χ4n) is 2.00. The van der Waals surface area contributed by atoms with Crippen LogP contribution in [0, 0.1) is 5.82 Å². The number of aromatic nitrogens is 2. The second-order valence-electron chi connectivity index (χ2n) is 4.41. The third-order valence-corrected chi connectivity index (χ3v) is 3.91. The lowest BCUT2D eigenvalue weighted by atomic mass is 10.2. The Morgan fingerprint density at radius 2 is 2.10 bits per heavy atom. The van der Waals surface area contributed by atoms with Crippen LogP contribution in [0.15, 0.2) is 35.8 Å². The molecule has 2 heterocycles.